The predicted octanol–water partition coefficient (Wildman–Crippen LogP) is 1.33. The Hall–Kier alpha value is -1.30. The Bertz CT molecular complexity index is 408. The molecule has 0 aliphatic carbocycles. The van der Waals surface area contributed by atoms with Crippen molar-refractivity contribution in [3.63, 3.8) is 0 Å². The van der Waals surface area contributed by atoms with Crippen LogP contribution in [0.15, 0.2) is 18.2 Å². The van der Waals surface area contributed by atoms with E-state index in [1.54, 1.807) is 14.2 Å². The summed E-state index contributed by atoms with van der Waals surface area (Å²) in [4.78, 5) is 0. The molecule has 2 N–H and O–H groups in total. The normalized spacial score (nSPS) is 17.8. The highest BCUT2D eigenvalue weighted by Gasteiger charge is 2.29. The first kappa shape index (κ1) is 15.1. The van der Waals surface area contributed by atoms with Crippen molar-refractivity contribution in [2.24, 2.45) is 0 Å². The fourth-order valence-corrected chi connectivity index (χ4v) is 2.34. The predicted molar refractivity (Wildman–Crippen MR) is 76.3 cm³/mol. The van der Waals surface area contributed by atoms with E-state index in [-0.39, 0.29) is 0 Å². The van der Waals surface area contributed by atoms with Crippen LogP contribution in [0, 0.1) is 0 Å². The van der Waals surface area contributed by atoms with Crippen molar-refractivity contribution in [3.8, 4) is 11.5 Å². The van der Waals surface area contributed by atoms with Gasteiger partial charge < -0.3 is 24.6 Å². The summed E-state index contributed by atoms with van der Waals surface area (Å²) in [6, 6.07) is 5.77. The van der Waals surface area contributed by atoms with Crippen molar-refractivity contribution in [2.45, 2.75) is 25.0 Å². The Morgan fingerprint density at radius 2 is 1.75 bits per heavy atom. The van der Waals surface area contributed by atoms with Gasteiger partial charge >= 0.3 is 0 Å². The number of benzene rings is 1. The molecule has 1 aliphatic heterocycles. The van der Waals surface area contributed by atoms with E-state index in [2.05, 4.69) is 5.32 Å². The van der Waals surface area contributed by atoms with E-state index in [0.717, 1.165) is 17.1 Å². The molecule has 5 heteroatoms. The maximum Gasteiger partial charge on any atom is 0.122 e. The molecule has 1 heterocycles. The van der Waals surface area contributed by atoms with Gasteiger partial charge in [-0.15, -0.1) is 0 Å². The molecule has 0 amide bonds. The lowest BCUT2D eigenvalue weighted by Crippen LogP contribution is -2.44. The van der Waals surface area contributed by atoms with Crippen LogP contribution < -0.4 is 14.8 Å². The molecule has 1 fully saturated rings. The lowest BCUT2D eigenvalue weighted by molar-refractivity contribution is -0.0617. The third-order valence-corrected chi connectivity index (χ3v) is 3.62. The minimum absolute atomic E-state index is 0.565. The summed E-state index contributed by atoms with van der Waals surface area (Å²) in [6.07, 6.45) is 1.36. The van der Waals surface area contributed by atoms with Crippen molar-refractivity contribution in [2.75, 3.05) is 34.0 Å². The number of methoxy groups -OCH3 is 2. The van der Waals surface area contributed by atoms with Gasteiger partial charge in [-0.2, -0.15) is 0 Å². The van der Waals surface area contributed by atoms with Crippen LogP contribution in [-0.2, 0) is 11.3 Å². The van der Waals surface area contributed by atoms with Crippen LogP contribution >= 0.6 is 0 Å². The minimum atomic E-state index is -0.652. The quantitative estimate of drug-likeness (QED) is 0.824. The van der Waals surface area contributed by atoms with Gasteiger partial charge in [0.1, 0.15) is 11.5 Å². The Morgan fingerprint density at radius 1 is 1.15 bits per heavy atom. The number of rotatable bonds is 6. The van der Waals surface area contributed by atoms with Crippen molar-refractivity contribution < 1.29 is 19.3 Å². The molecule has 1 aromatic rings. The van der Waals surface area contributed by atoms with E-state index < -0.39 is 5.60 Å². The highest BCUT2D eigenvalue weighted by molar-refractivity contribution is 5.38. The molecular weight excluding hydrogens is 258 g/mol. The Balaban J connectivity index is 1.90. The summed E-state index contributed by atoms with van der Waals surface area (Å²) in [7, 11) is 3.27. The molecule has 0 saturated carbocycles. The Morgan fingerprint density at radius 3 is 2.30 bits per heavy atom. The Kier molecular flexibility index (Phi) is 5.23. The van der Waals surface area contributed by atoms with Crippen LogP contribution in [0.1, 0.15) is 18.4 Å². The molecule has 5 nitrogen and oxygen atoms in total. The first-order chi connectivity index (χ1) is 9.65. The van der Waals surface area contributed by atoms with Crippen LogP contribution in [0.4, 0.5) is 0 Å². The van der Waals surface area contributed by atoms with E-state index >= 15 is 0 Å². The first-order valence-electron chi connectivity index (χ1n) is 6.88. The molecule has 0 unspecified atom stereocenters. The average molecular weight is 281 g/mol. The molecular formula is C15H23NO4. The topological polar surface area (TPSA) is 60.0 Å². The second-order valence-corrected chi connectivity index (χ2v) is 5.16. The molecule has 2 rings (SSSR count). The molecule has 1 aliphatic rings. The van der Waals surface area contributed by atoms with Gasteiger partial charge in [0.25, 0.3) is 0 Å². The lowest BCUT2D eigenvalue weighted by Gasteiger charge is -2.32. The van der Waals surface area contributed by atoms with Crippen molar-refractivity contribution in [3.05, 3.63) is 23.8 Å². The van der Waals surface area contributed by atoms with Crippen molar-refractivity contribution in [1.29, 1.82) is 0 Å². The molecule has 20 heavy (non-hydrogen) atoms. The zero-order valence-electron chi connectivity index (χ0n) is 12.1. The van der Waals surface area contributed by atoms with Crippen molar-refractivity contribution >= 4 is 0 Å². The highest BCUT2D eigenvalue weighted by Crippen LogP contribution is 2.23. The summed E-state index contributed by atoms with van der Waals surface area (Å²) in [5.41, 5.74) is 0.415. The summed E-state index contributed by atoms with van der Waals surface area (Å²) in [5.74, 6) is 1.54. The van der Waals surface area contributed by atoms with Gasteiger partial charge in [0, 0.05) is 45.2 Å². The third kappa shape index (κ3) is 4.10. The Labute approximate surface area is 119 Å². The fourth-order valence-electron chi connectivity index (χ4n) is 2.34. The number of hydrogen-bond acceptors (Lipinski definition) is 5. The highest BCUT2D eigenvalue weighted by atomic mass is 16.5. The van der Waals surface area contributed by atoms with E-state index in [1.165, 1.54) is 0 Å². The maximum absolute atomic E-state index is 10.4. The van der Waals surface area contributed by atoms with Crippen LogP contribution in [0.5, 0.6) is 11.5 Å². The fraction of sp³-hybridized carbons (Fsp3) is 0.600. The largest absolute Gasteiger partial charge is 0.497 e. The van der Waals surface area contributed by atoms with Gasteiger partial charge in [-0.05, 0) is 17.7 Å². The zero-order valence-corrected chi connectivity index (χ0v) is 12.1. The van der Waals surface area contributed by atoms with Crippen molar-refractivity contribution in [1.82, 2.24) is 5.32 Å². The summed E-state index contributed by atoms with van der Waals surface area (Å²) >= 11 is 0. The molecule has 0 bridgehead atoms. The average Bonchev–Trinajstić information content (AvgIpc) is 2.47. The van der Waals surface area contributed by atoms with Gasteiger partial charge in [-0.1, -0.05) is 0 Å². The maximum atomic E-state index is 10.4. The SMILES string of the molecule is COc1cc(CNCC2(O)CCOCC2)cc(OC)c1. The molecule has 0 atom stereocenters. The smallest absolute Gasteiger partial charge is 0.122 e. The van der Waals surface area contributed by atoms with E-state index in [0.29, 0.717) is 39.1 Å². The van der Waals surface area contributed by atoms with Crippen LogP contribution in [-0.4, -0.2) is 44.7 Å². The summed E-state index contributed by atoms with van der Waals surface area (Å²) in [5, 5.41) is 13.7. The molecule has 0 spiro atoms. The minimum Gasteiger partial charge on any atom is -0.497 e. The molecule has 1 saturated heterocycles. The van der Waals surface area contributed by atoms with Gasteiger partial charge in [0.2, 0.25) is 0 Å². The molecule has 0 aromatic heterocycles. The number of aliphatic hydroxyl groups is 1. The second-order valence-electron chi connectivity index (χ2n) is 5.16. The number of hydrogen-bond donors (Lipinski definition) is 2. The lowest BCUT2D eigenvalue weighted by atomic mass is 9.94. The third-order valence-electron chi connectivity index (χ3n) is 3.62. The number of nitrogens with one attached hydrogen (secondary N) is 1. The van der Waals surface area contributed by atoms with Crippen LogP contribution in [0.2, 0.25) is 0 Å². The van der Waals surface area contributed by atoms with Gasteiger partial charge in [-0.3, -0.25) is 0 Å². The standard InChI is InChI=1S/C15H23NO4/c1-18-13-7-12(8-14(9-13)19-2)10-16-11-15(17)3-5-20-6-4-15/h7-9,16-17H,3-6,10-11H2,1-2H3. The zero-order chi connectivity index (χ0) is 14.4. The number of ether oxygens (including phenoxy) is 3. The van der Waals surface area contributed by atoms with E-state index in [4.69, 9.17) is 14.2 Å². The van der Waals surface area contributed by atoms with Gasteiger partial charge in [0.15, 0.2) is 0 Å². The monoisotopic (exact) mass is 281 g/mol. The van der Waals surface area contributed by atoms with Crippen LogP contribution in [0.25, 0.3) is 0 Å². The van der Waals surface area contributed by atoms with Crippen LogP contribution in [0.3, 0.4) is 0 Å². The van der Waals surface area contributed by atoms with Gasteiger partial charge in [0.05, 0.1) is 19.8 Å². The van der Waals surface area contributed by atoms with E-state index in [9.17, 15) is 5.11 Å². The summed E-state index contributed by atoms with van der Waals surface area (Å²) in [6.45, 7) is 2.49. The van der Waals surface area contributed by atoms with E-state index in [1.807, 2.05) is 18.2 Å². The second kappa shape index (κ2) is 6.92. The summed E-state index contributed by atoms with van der Waals surface area (Å²) < 4.78 is 15.7. The van der Waals surface area contributed by atoms with Gasteiger partial charge in [-0.25, -0.2) is 0 Å². The molecule has 0 radical (unpaired) electrons. The molecule has 112 valence electrons. The molecule has 1 aromatic carbocycles. The first-order valence-corrected chi connectivity index (χ1v) is 6.88.